The summed E-state index contributed by atoms with van der Waals surface area (Å²) in [6, 6.07) is 11.3. The number of halogens is 2. The summed E-state index contributed by atoms with van der Waals surface area (Å²) in [4.78, 5) is 30.9. The van der Waals surface area contributed by atoms with E-state index in [-0.39, 0.29) is 47.8 Å². The molecule has 0 atom stereocenters. The van der Waals surface area contributed by atoms with Gasteiger partial charge in [0.25, 0.3) is 11.8 Å². The summed E-state index contributed by atoms with van der Waals surface area (Å²) in [6.45, 7) is 2.16. The van der Waals surface area contributed by atoms with Crippen LogP contribution in [-0.2, 0) is 6.42 Å². The molecule has 2 aromatic carbocycles. The maximum absolute atomic E-state index is 14.5. The van der Waals surface area contributed by atoms with Crippen molar-refractivity contribution < 1.29 is 18.7 Å². The average molecular weight is 479 g/mol. The molecule has 7 nitrogen and oxygen atoms in total. The molecule has 4 rings (SSSR count). The van der Waals surface area contributed by atoms with Crippen LogP contribution in [0.15, 0.2) is 42.6 Å². The van der Waals surface area contributed by atoms with Crippen molar-refractivity contribution in [2.45, 2.75) is 13.3 Å². The van der Waals surface area contributed by atoms with Gasteiger partial charge in [0.15, 0.2) is 11.6 Å². The Bertz CT molecular complexity index is 1350. The molecule has 0 radical (unpaired) electrons. The van der Waals surface area contributed by atoms with Gasteiger partial charge in [0.1, 0.15) is 18.5 Å². The van der Waals surface area contributed by atoms with Crippen LogP contribution in [0.4, 0.5) is 10.2 Å². The van der Waals surface area contributed by atoms with Crippen molar-refractivity contribution in [1.82, 2.24) is 10.3 Å². The Labute approximate surface area is 200 Å². The van der Waals surface area contributed by atoms with E-state index >= 15 is 0 Å². The van der Waals surface area contributed by atoms with E-state index in [1.165, 1.54) is 30.3 Å². The SMILES string of the molecule is CNC(=O)c1ccc(Cc2cc3c(c(Cl)c2C)OCCN(c2ncccc2C#N)C3=O)cc1F. The summed E-state index contributed by atoms with van der Waals surface area (Å²) >= 11 is 6.60. The second-order valence-corrected chi connectivity index (χ2v) is 8.09. The Morgan fingerprint density at radius 1 is 1.35 bits per heavy atom. The van der Waals surface area contributed by atoms with Crippen LogP contribution in [-0.4, -0.2) is 37.0 Å². The number of nitrogens with zero attached hydrogens (tertiary/aromatic N) is 3. The van der Waals surface area contributed by atoms with Crippen LogP contribution in [0.3, 0.4) is 0 Å². The monoisotopic (exact) mass is 478 g/mol. The molecule has 2 heterocycles. The van der Waals surface area contributed by atoms with Gasteiger partial charge in [-0.2, -0.15) is 5.26 Å². The molecule has 1 aliphatic heterocycles. The number of carbonyl (C=O) groups excluding carboxylic acids is 2. The summed E-state index contributed by atoms with van der Waals surface area (Å²) in [5.41, 5.74) is 2.47. The second-order valence-electron chi connectivity index (χ2n) is 7.71. The number of pyridine rings is 1. The lowest BCUT2D eigenvalue weighted by molar-refractivity contribution is 0.0957. The summed E-state index contributed by atoms with van der Waals surface area (Å²) in [6.07, 6.45) is 1.80. The molecule has 0 saturated carbocycles. The maximum Gasteiger partial charge on any atom is 0.263 e. The van der Waals surface area contributed by atoms with Crippen LogP contribution in [0, 0.1) is 24.1 Å². The van der Waals surface area contributed by atoms with Gasteiger partial charge in [-0.1, -0.05) is 17.7 Å². The highest BCUT2D eigenvalue weighted by Gasteiger charge is 2.30. The van der Waals surface area contributed by atoms with E-state index in [1.54, 1.807) is 31.2 Å². The molecule has 2 amide bonds. The number of rotatable bonds is 4. The number of aromatic nitrogens is 1. The quantitative estimate of drug-likeness (QED) is 0.610. The van der Waals surface area contributed by atoms with Crippen LogP contribution in [0.1, 0.15) is 43.0 Å². The van der Waals surface area contributed by atoms with Crippen LogP contribution in [0.5, 0.6) is 5.75 Å². The minimum Gasteiger partial charge on any atom is -0.489 e. The number of benzene rings is 2. The first-order valence-electron chi connectivity index (χ1n) is 10.5. The minimum atomic E-state index is -0.639. The molecule has 0 spiro atoms. The highest BCUT2D eigenvalue weighted by molar-refractivity contribution is 6.34. The number of anilines is 1. The molecule has 1 aliphatic rings. The standard InChI is InChI=1S/C25H20ClFN4O3/c1-14-17(10-15-5-6-18(20(27)11-15)24(32)29-2)12-19-22(21(14)26)34-9-8-31(25(19)33)23-16(13-28)4-3-7-30-23/h3-7,11-12H,8-10H2,1-2H3,(H,29,32). The predicted molar refractivity (Wildman–Crippen MR) is 125 cm³/mol. The third-order valence-electron chi connectivity index (χ3n) is 5.67. The second kappa shape index (κ2) is 9.49. The molecule has 0 unspecified atom stereocenters. The number of amides is 2. The number of hydrogen-bond acceptors (Lipinski definition) is 5. The average Bonchev–Trinajstić information content (AvgIpc) is 3.00. The number of fused-ring (bicyclic) bond motifs is 1. The number of carbonyl (C=O) groups is 2. The molecule has 3 aromatic rings. The van der Waals surface area contributed by atoms with E-state index in [2.05, 4.69) is 16.4 Å². The molecule has 172 valence electrons. The molecule has 0 bridgehead atoms. The van der Waals surface area contributed by atoms with E-state index < -0.39 is 17.6 Å². The van der Waals surface area contributed by atoms with Gasteiger partial charge in [0.05, 0.1) is 28.3 Å². The summed E-state index contributed by atoms with van der Waals surface area (Å²) in [7, 11) is 1.43. The maximum atomic E-state index is 14.5. The van der Waals surface area contributed by atoms with Crippen LogP contribution in [0.25, 0.3) is 0 Å². The molecule has 1 aromatic heterocycles. The van der Waals surface area contributed by atoms with Gasteiger partial charge in [0.2, 0.25) is 0 Å². The highest BCUT2D eigenvalue weighted by Crippen LogP contribution is 2.38. The number of ether oxygens (including phenoxy) is 1. The van der Waals surface area contributed by atoms with Crippen molar-refractivity contribution in [3.8, 4) is 11.8 Å². The van der Waals surface area contributed by atoms with Gasteiger partial charge in [-0.25, -0.2) is 9.37 Å². The number of hydrogen-bond donors (Lipinski definition) is 1. The van der Waals surface area contributed by atoms with Gasteiger partial charge >= 0.3 is 0 Å². The summed E-state index contributed by atoms with van der Waals surface area (Å²) < 4.78 is 20.3. The Morgan fingerprint density at radius 2 is 2.15 bits per heavy atom. The molecular formula is C25H20ClFN4O3. The van der Waals surface area contributed by atoms with E-state index in [9.17, 15) is 19.2 Å². The number of nitrogens with one attached hydrogen (secondary N) is 1. The molecule has 34 heavy (non-hydrogen) atoms. The molecule has 0 aliphatic carbocycles. The first-order valence-corrected chi connectivity index (χ1v) is 10.9. The van der Waals surface area contributed by atoms with Crippen molar-refractivity contribution in [3.63, 3.8) is 0 Å². The molecular weight excluding hydrogens is 459 g/mol. The third-order valence-corrected chi connectivity index (χ3v) is 6.13. The lowest BCUT2D eigenvalue weighted by Gasteiger charge is -2.20. The first-order chi connectivity index (χ1) is 16.3. The van der Waals surface area contributed by atoms with Crippen molar-refractivity contribution in [2.24, 2.45) is 0 Å². The van der Waals surface area contributed by atoms with Gasteiger partial charge in [-0.05, 0) is 60.4 Å². The van der Waals surface area contributed by atoms with Crippen molar-refractivity contribution in [1.29, 1.82) is 5.26 Å². The van der Waals surface area contributed by atoms with Gasteiger partial charge in [-0.3, -0.25) is 14.5 Å². The molecule has 1 N–H and O–H groups in total. The highest BCUT2D eigenvalue weighted by atomic mass is 35.5. The fourth-order valence-corrected chi connectivity index (χ4v) is 4.13. The van der Waals surface area contributed by atoms with E-state index in [1.807, 2.05) is 0 Å². The summed E-state index contributed by atoms with van der Waals surface area (Å²) in [5.74, 6) is -1.03. The van der Waals surface area contributed by atoms with E-state index in [0.717, 1.165) is 0 Å². The molecule has 0 fully saturated rings. The van der Waals surface area contributed by atoms with E-state index in [4.69, 9.17) is 16.3 Å². The fraction of sp³-hybridized carbons (Fsp3) is 0.200. The molecule has 9 heteroatoms. The largest absolute Gasteiger partial charge is 0.489 e. The summed E-state index contributed by atoms with van der Waals surface area (Å²) in [5, 5.41) is 12.1. The van der Waals surface area contributed by atoms with Crippen molar-refractivity contribution in [2.75, 3.05) is 25.1 Å². The predicted octanol–water partition coefficient (Wildman–Crippen LogP) is 4.04. The fourth-order valence-electron chi connectivity index (χ4n) is 3.86. The Kier molecular flexibility index (Phi) is 6.48. The topological polar surface area (TPSA) is 95.3 Å². The minimum absolute atomic E-state index is 0.0502. The van der Waals surface area contributed by atoms with Crippen molar-refractivity contribution in [3.05, 3.63) is 86.8 Å². The van der Waals surface area contributed by atoms with E-state index in [0.29, 0.717) is 21.7 Å². The van der Waals surface area contributed by atoms with Gasteiger partial charge in [-0.15, -0.1) is 0 Å². The smallest absolute Gasteiger partial charge is 0.263 e. The zero-order valence-corrected chi connectivity index (χ0v) is 19.2. The zero-order chi connectivity index (χ0) is 24.4. The zero-order valence-electron chi connectivity index (χ0n) is 18.5. The first kappa shape index (κ1) is 23.2. The normalized spacial score (nSPS) is 12.9. The Balaban J connectivity index is 1.74. The van der Waals surface area contributed by atoms with Crippen LogP contribution >= 0.6 is 11.6 Å². The lowest BCUT2D eigenvalue weighted by Crippen LogP contribution is -2.33. The van der Waals surface area contributed by atoms with Crippen LogP contribution in [0.2, 0.25) is 5.02 Å². The van der Waals surface area contributed by atoms with Crippen LogP contribution < -0.4 is 15.0 Å². The van der Waals surface area contributed by atoms with Gasteiger partial charge in [0, 0.05) is 13.2 Å². The molecule has 0 saturated heterocycles. The Morgan fingerprint density at radius 3 is 2.85 bits per heavy atom. The number of nitriles is 1. The third kappa shape index (κ3) is 4.18. The Hall–Kier alpha value is -3.96. The lowest BCUT2D eigenvalue weighted by atomic mass is 9.96. The van der Waals surface area contributed by atoms with Crippen molar-refractivity contribution >= 4 is 29.2 Å². The van der Waals surface area contributed by atoms with Gasteiger partial charge < -0.3 is 10.1 Å².